The summed E-state index contributed by atoms with van der Waals surface area (Å²) in [7, 11) is 0. The molecule has 0 unspecified atom stereocenters. The zero-order valence-corrected chi connectivity index (χ0v) is 12.0. The Bertz CT molecular complexity index is 534. The van der Waals surface area contributed by atoms with Gasteiger partial charge in [-0.25, -0.2) is 4.98 Å². The Kier molecular flexibility index (Phi) is 4.49. The van der Waals surface area contributed by atoms with Crippen LogP contribution in [-0.4, -0.2) is 15.1 Å². The van der Waals surface area contributed by atoms with Gasteiger partial charge < -0.3 is 0 Å². The third-order valence-corrected chi connectivity index (χ3v) is 4.27. The Morgan fingerprint density at radius 3 is 2.56 bits per heavy atom. The van der Waals surface area contributed by atoms with Crippen LogP contribution in [0, 0.1) is 0 Å². The number of carbonyl (C=O) groups excluding carboxylic acids is 1. The Hall–Kier alpha value is -1.20. The van der Waals surface area contributed by atoms with Crippen LogP contribution in [0.2, 0.25) is 0 Å². The summed E-state index contributed by atoms with van der Waals surface area (Å²) in [6, 6.07) is 7.66. The van der Waals surface area contributed by atoms with Gasteiger partial charge in [0.25, 0.3) is 0 Å². The number of carbonyl (C=O) groups is 1. The molecule has 18 heavy (non-hydrogen) atoms. The lowest BCUT2D eigenvalue weighted by atomic mass is 10.1. The van der Waals surface area contributed by atoms with E-state index in [2.05, 4.69) is 9.36 Å². The van der Waals surface area contributed by atoms with E-state index in [0.717, 1.165) is 27.0 Å². The van der Waals surface area contributed by atoms with Gasteiger partial charge in [0.2, 0.25) is 0 Å². The largest absolute Gasteiger partial charge is 0.294 e. The van der Waals surface area contributed by atoms with Crippen molar-refractivity contribution in [3.05, 3.63) is 35.7 Å². The molecule has 0 bridgehead atoms. The zero-order chi connectivity index (χ0) is 13.0. The highest BCUT2D eigenvalue weighted by atomic mass is 32.2. The lowest BCUT2D eigenvalue weighted by molar-refractivity contribution is 0.0988. The first-order chi connectivity index (χ1) is 8.72. The molecular formula is C13H14N2OS2. The van der Waals surface area contributed by atoms with E-state index in [0.29, 0.717) is 6.42 Å². The van der Waals surface area contributed by atoms with Crippen LogP contribution in [0.3, 0.4) is 0 Å². The molecule has 2 aromatic rings. The molecule has 94 valence electrons. The lowest BCUT2D eigenvalue weighted by Gasteiger charge is -2.00. The average Bonchev–Trinajstić information content (AvgIpc) is 2.86. The molecule has 0 aliphatic rings. The van der Waals surface area contributed by atoms with Crippen molar-refractivity contribution < 1.29 is 4.79 Å². The predicted molar refractivity (Wildman–Crippen MR) is 74.5 cm³/mol. The maximum absolute atomic E-state index is 11.5. The molecule has 0 saturated heterocycles. The van der Waals surface area contributed by atoms with E-state index >= 15 is 0 Å². The summed E-state index contributed by atoms with van der Waals surface area (Å²) in [5.41, 5.74) is 0.772. The van der Waals surface area contributed by atoms with Gasteiger partial charge in [-0.15, -0.1) is 0 Å². The van der Waals surface area contributed by atoms with Gasteiger partial charge in [0, 0.05) is 23.3 Å². The number of rotatable bonds is 5. The summed E-state index contributed by atoms with van der Waals surface area (Å²) in [4.78, 5) is 17.0. The highest BCUT2D eigenvalue weighted by Crippen LogP contribution is 2.29. The van der Waals surface area contributed by atoms with Crippen LogP contribution >= 0.6 is 23.3 Å². The smallest absolute Gasteiger partial charge is 0.174 e. The number of hydrogen-bond acceptors (Lipinski definition) is 5. The van der Waals surface area contributed by atoms with Crippen molar-refractivity contribution in [1.29, 1.82) is 0 Å². The third-order valence-electron chi connectivity index (χ3n) is 2.47. The predicted octanol–water partition coefficient (Wildman–Crippen LogP) is 3.84. The van der Waals surface area contributed by atoms with Crippen molar-refractivity contribution in [2.75, 3.05) is 0 Å². The van der Waals surface area contributed by atoms with Gasteiger partial charge in [-0.05, 0) is 23.7 Å². The molecule has 0 amide bonds. The molecule has 1 aromatic heterocycles. The van der Waals surface area contributed by atoms with E-state index in [1.165, 1.54) is 11.5 Å². The molecule has 0 radical (unpaired) electrons. The molecule has 0 aliphatic heterocycles. The second kappa shape index (κ2) is 6.11. The van der Waals surface area contributed by atoms with Crippen LogP contribution < -0.4 is 0 Å². The first-order valence-corrected chi connectivity index (χ1v) is 7.45. The molecule has 0 spiro atoms. The molecule has 2 rings (SSSR count). The van der Waals surface area contributed by atoms with Gasteiger partial charge >= 0.3 is 0 Å². The van der Waals surface area contributed by atoms with E-state index < -0.39 is 0 Å². The molecule has 5 heteroatoms. The van der Waals surface area contributed by atoms with Gasteiger partial charge in [-0.3, -0.25) is 4.79 Å². The molecule has 0 fully saturated rings. The first-order valence-electron chi connectivity index (χ1n) is 5.86. The molecule has 0 atom stereocenters. The Balaban J connectivity index is 2.08. The van der Waals surface area contributed by atoms with E-state index in [1.807, 2.05) is 38.1 Å². The minimum atomic E-state index is 0.177. The number of ketones is 1. The Labute approximate surface area is 115 Å². The maximum Gasteiger partial charge on any atom is 0.174 e. The van der Waals surface area contributed by atoms with Crippen molar-refractivity contribution in [1.82, 2.24) is 9.36 Å². The minimum absolute atomic E-state index is 0.177. The van der Waals surface area contributed by atoms with Gasteiger partial charge in [0.15, 0.2) is 10.1 Å². The highest BCUT2D eigenvalue weighted by molar-refractivity contribution is 8.01. The lowest BCUT2D eigenvalue weighted by Crippen LogP contribution is -1.95. The van der Waals surface area contributed by atoms with Crippen molar-refractivity contribution >= 4 is 29.1 Å². The Morgan fingerprint density at radius 1 is 1.28 bits per heavy atom. The van der Waals surface area contributed by atoms with Crippen molar-refractivity contribution in [2.45, 2.75) is 35.9 Å². The summed E-state index contributed by atoms with van der Waals surface area (Å²) in [5, 5.41) is 0. The fraction of sp³-hybridized carbons (Fsp3) is 0.308. The minimum Gasteiger partial charge on any atom is -0.294 e. The van der Waals surface area contributed by atoms with Crippen molar-refractivity contribution in [2.24, 2.45) is 0 Å². The fourth-order valence-electron chi connectivity index (χ4n) is 1.44. The second-order valence-electron chi connectivity index (χ2n) is 3.73. The molecule has 1 aromatic carbocycles. The van der Waals surface area contributed by atoms with Crippen LogP contribution in [0.15, 0.2) is 33.5 Å². The SMILES string of the molecule is CCC(=O)c1ccc(Sc2nc(CC)ns2)cc1. The third kappa shape index (κ3) is 3.17. The number of aromatic nitrogens is 2. The number of aryl methyl sites for hydroxylation is 1. The molecule has 0 aliphatic carbocycles. The first kappa shape index (κ1) is 13.2. The molecule has 3 nitrogen and oxygen atoms in total. The summed E-state index contributed by atoms with van der Waals surface area (Å²) in [6.07, 6.45) is 1.41. The van der Waals surface area contributed by atoms with Crippen LogP contribution in [0.4, 0.5) is 0 Å². The molecule has 1 heterocycles. The fourth-order valence-corrected chi connectivity index (χ4v) is 3.11. The highest BCUT2D eigenvalue weighted by Gasteiger charge is 2.06. The number of hydrogen-bond donors (Lipinski definition) is 0. The Morgan fingerprint density at radius 2 is 2.00 bits per heavy atom. The van der Waals surface area contributed by atoms with Crippen molar-refractivity contribution in [3.63, 3.8) is 0 Å². The summed E-state index contributed by atoms with van der Waals surface area (Å²) in [6.45, 7) is 3.92. The summed E-state index contributed by atoms with van der Waals surface area (Å²) < 4.78 is 5.19. The molecule has 0 saturated carbocycles. The van der Waals surface area contributed by atoms with Gasteiger partial charge in [-0.1, -0.05) is 37.7 Å². The number of nitrogens with zero attached hydrogens (tertiary/aromatic N) is 2. The van der Waals surface area contributed by atoms with Gasteiger partial charge in [0.1, 0.15) is 5.82 Å². The summed E-state index contributed by atoms with van der Waals surface area (Å²) >= 11 is 3.00. The van der Waals surface area contributed by atoms with Gasteiger partial charge in [0.05, 0.1) is 0 Å². The molecule has 0 N–H and O–H groups in total. The zero-order valence-electron chi connectivity index (χ0n) is 10.3. The van der Waals surface area contributed by atoms with E-state index in [-0.39, 0.29) is 5.78 Å². The number of benzene rings is 1. The van der Waals surface area contributed by atoms with Gasteiger partial charge in [-0.2, -0.15) is 4.37 Å². The standard InChI is InChI=1S/C13H14N2OS2/c1-3-11(16)9-5-7-10(8-6-9)17-13-14-12(4-2)15-18-13/h5-8H,3-4H2,1-2H3. The number of Topliss-reactive ketones (excluding diaryl/α,β-unsaturated/α-hetero) is 1. The second-order valence-corrected chi connectivity index (χ2v) is 5.81. The normalized spacial score (nSPS) is 10.6. The average molecular weight is 278 g/mol. The summed E-state index contributed by atoms with van der Waals surface area (Å²) in [5.74, 6) is 1.07. The van der Waals surface area contributed by atoms with Crippen molar-refractivity contribution in [3.8, 4) is 0 Å². The monoisotopic (exact) mass is 278 g/mol. The van der Waals surface area contributed by atoms with E-state index in [4.69, 9.17) is 0 Å². The van der Waals surface area contributed by atoms with Crippen LogP contribution in [0.1, 0.15) is 36.5 Å². The topological polar surface area (TPSA) is 42.9 Å². The maximum atomic E-state index is 11.5. The van der Waals surface area contributed by atoms with E-state index in [1.54, 1.807) is 11.8 Å². The molecular weight excluding hydrogens is 264 g/mol. The van der Waals surface area contributed by atoms with Crippen LogP contribution in [0.25, 0.3) is 0 Å². The van der Waals surface area contributed by atoms with Crippen LogP contribution in [-0.2, 0) is 6.42 Å². The van der Waals surface area contributed by atoms with Crippen LogP contribution in [0.5, 0.6) is 0 Å². The quantitative estimate of drug-likeness (QED) is 0.779. The van der Waals surface area contributed by atoms with E-state index in [9.17, 15) is 4.79 Å².